The average Bonchev–Trinajstić information content (AvgIpc) is 3.51. The van der Waals surface area contributed by atoms with Crippen molar-refractivity contribution in [3.63, 3.8) is 0 Å². The van der Waals surface area contributed by atoms with E-state index in [9.17, 15) is 0 Å². The van der Waals surface area contributed by atoms with E-state index in [1.165, 1.54) is 72.9 Å². The van der Waals surface area contributed by atoms with Crippen molar-refractivity contribution in [2.45, 2.75) is 46.5 Å². The molecule has 0 fully saturated rings. The second kappa shape index (κ2) is 14.0. The summed E-state index contributed by atoms with van der Waals surface area (Å²) < 4.78 is 0. The van der Waals surface area contributed by atoms with Gasteiger partial charge in [0, 0.05) is 0 Å². The normalized spacial score (nSPS) is 11.1. The van der Waals surface area contributed by atoms with Gasteiger partial charge in [0.2, 0.25) is 0 Å². The molecule has 0 saturated carbocycles. The van der Waals surface area contributed by atoms with Crippen LogP contribution in [0.3, 0.4) is 0 Å². The Morgan fingerprint density at radius 1 is 0.895 bits per heavy atom. The van der Waals surface area contributed by atoms with Crippen molar-refractivity contribution in [1.82, 2.24) is 0 Å². The van der Waals surface area contributed by atoms with Crippen molar-refractivity contribution in [3.05, 3.63) is 114 Å². The number of fused-ring (bicyclic) bond motifs is 4. The summed E-state index contributed by atoms with van der Waals surface area (Å²) in [5.74, 6) is 0.538. The van der Waals surface area contributed by atoms with Gasteiger partial charge in [0.1, 0.15) is 0 Å². The number of halogens is 2. The van der Waals surface area contributed by atoms with E-state index < -0.39 is 20.8 Å². The summed E-state index contributed by atoms with van der Waals surface area (Å²) in [6, 6.07) is 36.3. The second-order valence-electron chi connectivity index (χ2n) is 9.82. The summed E-state index contributed by atoms with van der Waals surface area (Å²) >= 11 is -0.826. The maximum atomic E-state index is 4.93. The molecule has 2 radical (unpaired) electrons. The van der Waals surface area contributed by atoms with Crippen LogP contribution in [-0.2, 0) is 27.3 Å². The topological polar surface area (TPSA) is 0 Å². The van der Waals surface area contributed by atoms with Crippen molar-refractivity contribution in [1.29, 1.82) is 0 Å². The van der Waals surface area contributed by atoms with Gasteiger partial charge in [0.25, 0.3) is 0 Å². The summed E-state index contributed by atoms with van der Waals surface area (Å²) in [6.07, 6.45) is 2.37. The van der Waals surface area contributed by atoms with E-state index in [0.717, 1.165) is 9.52 Å². The van der Waals surface area contributed by atoms with Gasteiger partial charge in [-0.1, -0.05) is 97.6 Å². The van der Waals surface area contributed by atoms with Gasteiger partial charge < -0.3 is 0 Å². The molecule has 190 valence electrons. The van der Waals surface area contributed by atoms with Gasteiger partial charge in [-0.25, -0.2) is 0 Å². The Balaban J connectivity index is 0.000000177. The molecule has 5 aromatic rings. The maximum Gasteiger partial charge on any atom is 0.0920 e. The maximum absolute atomic E-state index is 4.93. The van der Waals surface area contributed by atoms with E-state index in [0.29, 0.717) is 5.92 Å². The van der Waals surface area contributed by atoms with Crippen molar-refractivity contribution >= 4 is 47.7 Å². The monoisotopic (exact) mass is 628 g/mol. The van der Waals surface area contributed by atoms with E-state index in [1.54, 1.807) is 0 Å². The minimum Gasteiger partial charge on any atom is -0.184 e. The summed E-state index contributed by atoms with van der Waals surface area (Å²) in [7, 11) is 10.7. The average molecular weight is 631 g/mol. The first-order valence-electron chi connectivity index (χ1n) is 13.1. The third kappa shape index (κ3) is 6.65. The van der Waals surface area contributed by atoms with Crippen LogP contribution in [0.2, 0.25) is 0 Å². The molecule has 0 unspecified atom stereocenters. The fourth-order valence-electron chi connectivity index (χ4n) is 5.20. The Morgan fingerprint density at radius 3 is 2.32 bits per heavy atom. The van der Waals surface area contributed by atoms with Gasteiger partial charge in [0.05, 0.1) is 9.52 Å². The van der Waals surface area contributed by atoms with E-state index in [1.807, 2.05) is 6.07 Å². The Hall–Kier alpha value is -1.83. The number of benzene rings is 4. The van der Waals surface area contributed by atoms with Crippen LogP contribution in [0.4, 0.5) is 0 Å². The van der Waals surface area contributed by atoms with E-state index in [4.69, 9.17) is 17.0 Å². The smallest absolute Gasteiger partial charge is 0.0920 e. The van der Waals surface area contributed by atoms with Crippen molar-refractivity contribution in [3.8, 4) is 22.3 Å². The van der Waals surface area contributed by atoms with Crippen LogP contribution in [-0.4, -0.2) is 9.52 Å². The van der Waals surface area contributed by atoms with Crippen LogP contribution in [0.1, 0.15) is 49.8 Å². The zero-order valence-corrected chi connectivity index (χ0v) is 27.4. The Bertz CT molecular complexity index is 1460. The largest absolute Gasteiger partial charge is 0.184 e. The second-order valence-corrected chi connectivity index (χ2v) is 14.8. The Kier molecular flexibility index (Phi) is 10.7. The first kappa shape index (κ1) is 29.2. The third-order valence-electron chi connectivity index (χ3n) is 6.88. The van der Waals surface area contributed by atoms with Gasteiger partial charge >= 0.3 is 37.9 Å². The van der Waals surface area contributed by atoms with Gasteiger partial charge in [-0.3, -0.25) is 0 Å². The molecule has 5 aromatic carbocycles. The minimum atomic E-state index is -0.826. The number of hydrogen-bond acceptors (Lipinski definition) is 0. The predicted octanol–water partition coefficient (Wildman–Crippen LogP) is 9.11. The summed E-state index contributed by atoms with van der Waals surface area (Å²) in [6.45, 7) is 9.04. The summed E-state index contributed by atoms with van der Waals surface area (Å²) in [5, 5.41) is 5.61. The molecule has 0 aliphatic carbocycles. The summed E-state index contributed by atoms with van der Waals surface area (Å²) in [5.41, 5.74) is 9.86. The quantitative estimate of drug-likeness (QED) is 0.135. The standard InChI is InChI=1S/C22H25.C12H7Si.2ClH.Zr/c1-5-8-17-13-18-12-11-16(4)22(21(18)14-17)20-10-7-6-9-19(20)15(2)3;1-3-7-11-9(5-1)10-6-2-4-8-12(10)13-11;;;/h6-7,9-15H,5,8H2,1-4H3;1-7H;2*1H;/q2*-1;;;+4/p-2. The van der Waals surface area contributed by atoms with Crippen LogP contribution in [0.25, 0.3) is 33.0 Å². The van der Waals surface area contributed by atoms with Crippen LogP contribution in [0, 0.1) is 13.0 Å². The first-order valence-corrected chi connectivity index (χ1v) is 20.4. The van der Waals surface area contributed by atoms with Crippen molar-refractivity contribution in [2.75, 3.05) is 0 Å². The molecule has 0 amide bonds. The Labute approximate surface area is 249 Å². The van der Waals surface area contributed by atoms with E-state index in [2.05, 4.69) is 119 Å². The summed E-state index contributed by atoms with van der Waals surface area (Å²) in [4.78, 5) is 0. The molecular weight excluding hydrogens is 599 g/mol. The fourth-order valence-corrected chi connectivity index (χ4v) is 6.51. The van der Waals surface area contributed by atoms with Crippen LogP contribution >= 0.6 is 17.0 Å². The van der Waals surface area contributed by atoms with Crippen molar-refractivity contribution in [2.24, 2.45) is 0 Å². The molecule has 0 N–H and O–H groups in total. The zero-order chi connectivity index (χ0) is 27.1. The SMILES string of the molecule is CCCc1cc2c(-c3ccccc3C(C)C)c(C)ccc2[cH-]1.[Cl][Zr+2][Cl].[c-]1cccc2c1[Si]c1ccccc1-2. The number of aryl methyl sites for hydroxylation is 2. The fraction of sp³-hybridized carbons (Fsp3) is 0.206. The molecule has 0 bridgehead atoms. The molecule has 1 aliphatic rings. The van der Waals surface area contributed by atoms with Crippen molar-refractivity contribution < 1.29 is 20.8 Å². The molecule has 6 rings (SSSR count). The molecule has 0 spiro atoms. The van der Waals surface area contributed by atoms with E-state index in [-0.39, 0.29) is 0 Å². The first-order chi connectivity index (χ1) is 18.5. The van der Waals surface area contributed by atoms with Gasteiger partial charge in [0.15, 0.2) is 0 Å². The molecular formula is C34H32Cl2SiZr. The number of rotatable bonds is 4. The van der Waals surface area contributed by atoms with Gasteiger partial charge in [-0.05, 0) is 30.4 Å². The number of hydrogen-bond donors (Lipinski definition) is 0. The molecule has 1 aliphatic heterocycles. The molecule has 0 nitrogen and oxygen atoms in total. The third-order valence-corrected chi connectivity index (χ3v) is 8.25. The zero-order valence-electron chi connectivity index (χ0n) is 22.4. The van der Waals surface area contributed by atoms with Crippen LogP contribution in [0.5, 0.6) is 0 Å². The molecule has 0 atom stereocenters. The van der Waals surface area contributed by atoms with Gasteiger partial charge in [-0.15, -0.1) is 40.1 Å². The molecule has 1 heterocycles. The minimum absolute atomic E-state index is 0.538. The predicted molar refractivity (Wildman–Crippen MR) is 165 cm³/mol. The molecule has 4 heteroatoms. The van der Waals surface area contributed by atoms with Crippen LogP contribution < -0.4 is 10.4 Å². The molecule has 38 heavy (non-hydrogen) atoms. The molecule has 0 aromatic heterocycles. The Morgan fingerprint density at radius 2 is 1.58 bits per heavy atom. The van der Waals surface area contributed by atoms with Gasteiger partial charge in [-0.2, -0.15) is 35.5 Å². The van der Waals surface area contributed by atoms with Crippen LogP contribution in [0.15, 0.2) is 91.0 Å². The molecule has 0 saturated heterocycles. The van der Waals surface area contributed by atoms with E-state index >= 15 is 0 Å².